The lowest BCUT2D eigenvalue weighted by molar-refractivity contribution is 0.0941. The van der Waals surface area contributed by atoms with E-state index in [4.69, 9.17) is 0 Å². The third kappa shape index (κ3) is 3.32. The molecule has 1 amide bonds. The number of carbonyl (C=O) groups excluding carboxylic acids is 1. The second kappa shape index (κ2) is 5.40. The van der Waals surface area contributed by atoms with Gasteiger partial charge in [0.15, 0.2) is 9.84 Å². The highest BCUT2D eigenvalue weighted by atomic mass is 79.9. The summed E-state index contributed by atoms with van der Waals surface area (Å²) in [7, 11) is -2.95. The maximum absolute atomic E-state index is 11.9. The van der Waals surface area contributed by atoms with Crippen molar-refractivity contribution in [2.45, 2.75) is 17.8 Å². The summed E-state index contributed by atoms with van der Waals surface area (Å²) in [5.41, 5.74) is 1.65. The van der Waals surface area contributed by atoms with Gasteiger partial charge in [-0.25, -0.2) is 8.42 Å². The predicted octanol–water partition coefficient (Wildman–Crippen LogP) is 1.50. The number of alkyl halides is 1. The molecule has 1 aromatic carbocycles. The molecule has 0 bridgehead atoms. The van der Waals surface area contributed by atoms with E-state index >= 15 is 0 Å². The first-order valence-electron chi connectivity index (χ1n) is 5.66. The zero-order valence-corrected chi connectivity index (χ0v) is 12.1. The zero-order valence-electron chi connectivity index (χ0n) is 9.73. The Morgan fingerprint density at radius 3 is 2.50 bits per heavy atom. The van der Waals surface area contributed by atoms with Gasteiger partial charge in [-0.1, -0.05) is 28.1 Å². The first-order valence-corrected chi connectivity index (χ1v) is 8.60. The van der Waals surface area contributed by atoms with E-state index in [0.717, 1.165) is 10.9 Å². The molecule has 1 aliphatic rings. The summed E-state index contributed by atoms with van der Waals surface area (Å²) >= 11 is 3.34. The summed E-state index contributed by atoms with van der Waals surface area (Å²) in [6.45, 7) is 0. The zero-order chi connectivity index (χ0) is 13.2. The molecule has 6 heteroatoms. The van der Waals surface area contributed by atoms with E-state index in [1.807, 2.05) is 12.1 Å². The second-order valence-corrected chi connectivity index (χ2v) is 7.19. The summed E-state index contributed by atoms with van der Waals surface area (Å²) in [4.78, 5) is 11.9. The quantitative estimate of drug-likeness (QED) is 0.853. The fraction of sp³-hybridized carbons (Fsp3) is 0.417. The largest absolute Gasteiger partial charge is 0.348 e. The molecule has 0 radical (unpaired) electrons. The molecule has 1 aliphatic heterocycles. The topological polar surface area (TPSA) is 63.2 Å². The van der Waals surface area contributed by atoms with Crippen molar-refractivity contribution in [3.8, 4) is 0 Å². The smallest absolute Gasteiger partial charge is 0.251 e. The van der Waals surface area contributed by atoms with Crippen molar-refractivity contribution < 1.29 is 13.2 Å². The van der Waals surface area contributed by atoms with Crippen molar-refractivity contribution in [2.24, 2.45) is 0 Å². The number of hydrogen-bond donors (Lipinski definition) is 1. The monoisotopic (exact) mass is 331 g/mol. The number of halogens is 1. The Labute approximate surface area is 115 Å². The van der Waals surface area contributed by atoms with Crippen LogP contribution in [0.4, 0.5) is 0 Å². The molecule has 1 fully saturated rings. The lowest BCUT2D eigenvalue weighted by Crippen LogP contribution is -2.35. The van der Waals surface area contributed by atoms with Crippen LogP contribution in [0.15, 0.2) is 24.3 Å². The lowest BCUT2D eigenvalue weighted by Gasteiger charge is -2.10. The molecule has 0 spiro atoms. The second-order valence-electron chi connectivity index (χ2n) is 4.40. The van der Waals surface area contributed by atoms with Crippen LogP contribution in [0.25, 0.3) is 0 Å². The molecule has 0 aromatic heterocycles. The molecule has 1 saturated heterocycles. The van der Waals surface area contributed by atoms with Crippen molar-refractivity contribution in [1.29, 1.82) is 0 Å². The predicted molar refractivity (Wildman–Crippen MR) is 73.6 cm³/mol. The highest BCUT2D eigenvalue weighted by Crippen LogP contribution is 2.13. The van der Waals surface area contributed by atoms with E-state index < -0.39 is 9.84 Å². The fourth-order valence-corrected chi connectivity index (χ4v) is 3.97. The maximum Gasteiger partial charge on any atom is 0.251 e. The average Bonchev–Trinajstić information content (AvgIpc) is 2.68. The molecule has 1 unspecified atom stereocenters. The van der Waals surface area contributed by atoms with Gasteiger partial charge in [-0.05, 0) is 24.1 Å². The Morgan fingerprint density at radius 2 is 2.00 bits per heavy atom. The fourth-order valence-electron chi connectivity index (χ4n) is 1.92. The van der Waals surface area contributed by atoms with E-state index in [1.165, 1.54) is 0 Å². The summed E-state index contributed by atoms with van der Waals surface area (Å²) in [6, 6.07) is 6.98. The minimum absolute atomic E-state index is 0.0538. The number of rotatable bonds is 3. The molecule has 1 atom stereocenters. The van der Waals surface area contributed by atoms with Crippen molar-refractivity contribution >= 4 is 31.7 Å². The molecule has 18 heavy (non-hydrogen) atoms. The van der Waals surface area contributed by atoms with Crippen LogP contribution in [0.5, 0.6) is 0 Å². The van der Waals surface area contributed by atoms with Gasteiger partial charge in [0.25, 0.3) is 5.91 Å². The number of benzene rings is 1. The van der Waals surface area contributed by atoms with Crippen LogP contribution in [0.2, 0.25) is 0 Å². The van der Waals surface area contributed by atoms with Crippen molar-refractivity contribution in [1.82, 2.24) is 5.32 Å². The SMILES string of the molecule is O=C(NC1CCS(=O)(=O)C1)c1ccc(CBr)cc1. The number of amides is 1. The number of hydrogen-bond acceptors (Lipinski definition) is 3. The number of sulfone groups is 1. The standard InChI is InChI=1S/C12H14BrNO3S/c13-7-9-1-3-10(4-2-9)12(15)14-11-5-6-18(16,17)8-11/h1-4,11H,5-8H2,(H,14,15). The molecule has 0 saturated carbocycles. The van der Waals surface area contributed by atoms with Gasteiger partial charge in [0, 0.05) is 16.9 Å². The van der Waals surface area contributed by atoms with Crippen molar-refractivity contribution in [3.05, 3.63) is 35.4 Å². The van der Waals surface area contributed by atoms with Crippen LogP contribution in [0, 0.1) is 0 Å². The molecule has 1 heterocycles. The van der Waals surface area contributed by atoms with Crippen LogP contribution in [0.1, 0.15) is 22.3 Å². The summed E-state index contributed by atoms with van der Waals surface area (Å²) in [5, 5.41) is 3.50. The van der Waals surface area contributed by atoms with Gasteiger partial charge >= 0.3 is 0 Å². The Hall–Kier alpha value is -0.880. The van der Waals surface area contributed by atoms with Crippen LogP contribution in [-0.2, 0) is 15.2 Å². The first-order chi connectivity index (χ1) is 8.50. The Balaban J connectivity index is 1.99. The molecular weight excluding hydrogens is 318 g/mol. The highest BCUT2D eigenvalue weighted by molar-refractivity contribution is 9.08. The van der Waals surface area contributed by atoms with E-state index in [1.54, 1.807) is 12.1 Å². The molecule has 1 N–H and O–H groups in total. The van der Waals surface area contributed by atoms with Gasteiger partial charge < -0.3 is 5.32 Å². The third-order valence-electron chi connectivity index (χ3n) is 2.94. The summed E-state index contributed by atoms with van der Waals surface area (Å²) in [6.07, 6.45) is 0.507. The van der Waals surface area contributed by atoms with Crippen molar-refractivity contribution in [3.63, 3.8) is 0 Å². The minimum Gasteiger partial charge on any atom is -0.348 e. The van der Waals surface area contributed by atoms with Crippen molar-refractivity contribution in [2.75, 3.05) is 11.5 Å². The van der Waals surface area contributed by atoms with E-state index in [-0.39, 0.29) is 23.5 Å². The average molecular weight is 332 g/mol. The van der Waals surface area contributed by atoms with Gasteiger partial charge in [-0.2, -0.15) is 0 Å². The maximum atomic E-state index is 11.9. The van der Waals surface area contributed by atoms with Crippen LogP contribution < -0.4 is 5.32 Å². The Morgan fingerprint density at radius 1 is 1.33 bits per heavy atom. The number of nitrogens with one attached hydrogen (secondary N) is 1. The summed E-state index contributed by atoms with van der Waals surface area (Å²) < 4.78 is 22.6. The van der Waals surface area contributed by atoms with Crippen LogP contribution in [-0.4, -0.2) is 31.9 Å². The Kier molecular flexibility index (Phi) is 4.07. The molecule has 98 valence electrons. The number of carbonyl (C=O) groups is 1. The molecule has 0 aliphatic carbocycles. The van der Waals surface area contributed by atoms with E-state index in [0.29, 0.717) is 12.0 Å². The van der Waals surface area contributed by atoms with Gasteiger partial charge in [-0.15, -0.1) is 0 Å². The Bertz CT molecular complexity index is 539. The third-order valence-corrected chi connectivity index (χ3v) is 5.35. The molecular formula is C12H14BrNO3S. The highest BCUT2D eigenvalue weighted by Gasteiger charge is 2.28. The lowest BCUT2D eigenvalue weighted by atomic mass is 10.1. The van der Waals surface area contributed by atoms with Crippen LogP contribution in [0.3, 0.4) is 0 Å². The van der Waals surface area contributed by atoms with Gasteiger partial charge in [0.05, 0.1) is 11.5 Å². The molecule has 4 nitrogen and oxygen atoms in total. The molecule has 2 rings (SSSR count). The van der Waals surface area contributed by atoms with E-state index in [9.17, 15) is 13.2 Å². The molecule has 1 aromatic rings. The van der Waals surface area contributed by atoms with Crippen LogP contribution >= 0.6 is 15.9 Å². The van der Waals surface area contributed by atoms with Gasteiger partial charge in [-0.3, -0.25) is 4.79 Å². The van der Waals surface area contributed by atoms with Gasteiger partial charge in [0.1, 0.15) is 0 Å². The first kappa shape index (κ1) is 13.5. The summed E-state index contributed by atoms with van der Waals surface area (Å²) in [5.74, 6) is 0.0109. The normalized spacial score (nSPS) is 21.7. The minimum atomic E-state index is -2.95. The van der Waals surface area contributed by atoms with Gasteiger partial charge in [0.2, 0.25) is 0 Å². The van der Waals surface area contributed by atoms with E-state index in [2.05, 4.69) is 21.2 Å².